The van der Waals surface area contributed by atoms with Crippen LogP contribution in [-0.2, 0) is 20.1 Å². The maximum Gasteiger partial charge on any atom is 0.251 e. The quantitative estimate of drug-likeness (QED) is 0.351. The van der Waals surface area contributed by atoms with Crippen LogP contribution in [0.3, 0.4) is 0 Å². The fourth-order valence-electron chi connectivity index (χ4n) is 2.17. The number of aromatic nitrogens is 2. The fraction of sp³-hybridized carbons (Fsp3) is 0.353. The average molecular weight is 456 g/mol. The zero-order valence-corrected chi connectivity index (χ0v) is 17.1. The topological polar surface area (TPSA) is 83.3 Å². The van der Waals surface area contributed by atoms with E-state index in [1.54, 1.807) is 25.4 Å². The van der Waals surface area contributed by atoms with Crippen molar-refractivity contribution in [1.82, 2.24) is 25.7 Å². The molecule has 7 nitrogen and oxygen atoms in total. The third-order valence-corrected chi connectivity index (χ3v) is 3.57. The zero-order chi connectivity index (χ0) is 17.4. The number of nitrogens with one attached hydrogen (secondary N) is 3. The lowest BCUT2D eigenvalue weighted by Gasteiger charge is -2.11. The maximum absolute atomic E-state index is 11.5. The summed E-state index contributed by atoms with van der Waals surface area (Å²) in [7, 11) is 3.53. The third-order valence-electron chi connectivity index (χ3n) is 3.57. The van der Waals surface area contributed by atoms with Crippen LogP contribution in [0.25, 0.3) is 0 Å². The van der Waals surface area contributed by atoms with Gasteiger partial charge in [0.15, 0.2) is 5.96 Å². The van der Waals surface area contributed by atoms with Crippen molar-refractivity contribution in [1.29, 1.82) is 0 Å². The monoisotopic (exact) mass is 456 g/mol. The van der Waals surface area contributed by atoms with Crippen LogP contribution in [0.5, 0.6) is 0 Å². The minimum atomic E-state index is -0.0868. The molecule has 1 heterocycles. The van der Waals surface area contributed by atoms with Gasteiger partial charge in [0, 0.05) is 32.4 Å². The first kappa shape index (κ1) is 20.9. The number of carbonyl (C=O) groups is 1. The maximum atomic E-state index is 11.5. The molecule has 0 saturated heterocycles. The van der Waals surface area contributed by atoms with Gasteiger partial charge in [0.05, 0.1) is 18.8 Å². The van der Waals surface area contributed by atoms with Gasteiger partial charge in [-0.2, -0.15) is 5.10 Å². The minimum absolute atomic E-state index is 0. The number of guanidine groups is 1. The molecule has 3 N–H and O–H groups in total. The van der Waals surface area contributed by atoms with Gasteiger partial charge in [0.2, 0.25) is 0 Å². The highest BCUT2D eigenvalue weighted by Gasteiger charge is 2.03. The number of nitrogens with zero attached hydrogens (tertiary/aromatic N) is 3. The first-order valence-corrected chi connectivity index (χ1v) is 7.94. The Kier molecular flexibility index (Phi) is 8.96. The molecule has 0 bridgehead atoms. The van der Waals surface area contributed by atoms with E-state index in [2.05, 4.69) is 26.0 Å². The molecular formula is C17H25IN6O. The molecular weight excluding hydrogens is 431 g/mol. The molecule has 0 saturated carbocycles. The molecule has 1 aromatic heterocycles. The molecule has 0 atom stereocenters. The smallest absolute Gasteiger partial charge is 0.251 e. The molecule has 0 aliphatic rings. The number of carbonyl (C=O) groups excluding carboxylic acids is 1. The second-order valence-electron chi connectivity index (χ2n) is 5.27. The normalized spacial score (nSPS) is 10.8. The lowest BCUT2D eigenvalue weighted by molar-refractivity contribution is 0.0963. The first-order chi connectivity index (χ1) is 11.6. The number of rotatable bonds is 6. The van der Waals surface area contributed by atoms with E-state index in [9.17, 15) is 4.79 Å². The van der Waals surface area contributed by atoms with Gasteiger partial charge in [-0.3, -0.25) is 9.48 Å². The molecule has 1 amide bonds. The lowest BCUT2D eigenvalue weighted by Crippen LogP contribution is -2.37. The Balaban J connectivity index is 0.00000312. The Bertz CT molecular complexity index is 695. The predicted molar refractivity (Wildman–Crippen MR) is 110 cm³/mol. The Morgan fingerprint density at radius 1 is 1.20 bits per heavy atom. The van der Waals surface area contributed by atoms with Crippen molar-refractivity contribution < 1.29 is 4.79 Å². The Morgan fingerprint density at radius 3 is 2.48 bits per heavy atom. The van der Waals surface area contributed by atoms with Crippen LogP contribution in [0.1, 0.15) is 28.5 Å². The van der Waals surface area contributed by atoms with Crippen LogP contribution in [-0.4, -0.2) is 35.2 Å². The van der Waals surface area contributed by atoms with E-state index >= 15 is 0 Å². The van der Waals surface area contributed by atoms with Gasteiger partial charge in [0.1, 0.15) is 0 Å². The van der Waals surface area contributed by atoms with Gasteiger partial charge in [0.25, 0.3) is 5.91 Å². The molecule has 0 unspecified atom stereocenters. The zero-order valence-electron chi connectivity index (χ0n) is 14.7. The first-order valence-electron chi connectivity index (χ1n) is 7.94. The summed E-state index contributed by atoms with van der Waals surface area (Å²) in [5.41, 5.74) is 2.77. The van der Waals surface area contributed by atoms with Gasteiger partial charge < -0.3 is 16.0 Å². The molecule has 2 rings (SSSR count). The highest BCUT2D eigenvalue weighted by Crippen LogP contribution is 2.06. The average Bonchev–Trinajstić information content (AvgIpc) is 3.02. The van der Waals surface area contributed by atoms with Gasteiger partial charge >= 0.3 is 0 Å². The number of halogens is 1. The van der Waals surface area contributed by atoms with Crippen molar-refractivity contribution in [3.05, 3.63) is 53.3 Å². The molecule has 136 valence electrons. The molecule has 0 aliphatic carbocycles. The van der Waals surface area contributed by atoms with Crippen LogP contribution in [0.4, 0.5) is 0 Å². The molecule has 2 aromatic rings. The third kappa shape index (κ3) is 6.37. The molecule has 8 heteroatoms. The van der Waals surface area contributed by atoms with Crippen molar-refractivity contribution in [3.8, 4) is 0 Å². The summed E-state index contributed by atoms with van der Waals surface area (Å²) in [5, 5.41) is 13.3. The van der Waals surface area contributed by atoms with Gasteiger partial charge in [-0.05, 0) is 30.7 Å². The highest BCUT2D eigenvalue weighted by molar-refractivity contribution is 14.0. The number of benzene rings is 1. The molecule has 0 radical (unpaired) electrons. The summed E-state index contributed by atoms with van der Waals surface area (Å²) in [6.45, 7) is 4.00. The standard InChI is InChI=1S/C17H24N6O.HI/c1-4-19-17(21-12-15-9-10-22-23(15)3)20-11-13-5-7-14(8-6-13)16(24)18-2;/h5-10H,4,11-12H2,1-3H3,(H,18,24)(H2,19,20,21);1H. The number of hydrogen-bond acceptors (Lipinski definition) is 3. The minimum Gasteiger partial charge on any atom is -0.357 e. The van der Waals surface area contributed by atoms with E-state index in [4.69, 9.17) is 0 Å². The van der Waals surface area contributed by atoms with E-state index in [1.165, 1.54) is 0 Å². The van der Waals surface area contributed by atoms with Crippen LogP contribution in [0.15, 0.2) is 41.5 Å². The lowest BCUT2D eigenvalue weighted by atomic mass is 10.1. The van der Waals surface area contributed by atoms with E-state index in [0.717, 1.165) is 23.8 Å². The van der Waals surface area contributed by atoms with Crippen LogP contribution in [0.2, 0.25) is 0 Å². The number of hydrogen-bond donors (Lipinski definition) is 3. The van der Waals surface area contributed by atoms with E-state index in [0.29, 0.717) is 18.7 Å². The largest absolute Gasteiger partial charge is 0.357 e. The molecule has 25 heavy (non-hydrogen) atoms. The Hall–Kier alpha value is -2.10. The van der Waals surface area contributed by atoms with Gasteiger partial charge in [-0.15, -0.1) is 24.0 Å². The summed E-state index contributed by atoms with van der Waals surface area (Å²) < 4.78 is 1.83. The van der Waals surface area contributed by atoms with Crippen LogP contribution >= 0.6 is 24.0 Å². The van der Waals surface area contributed by atoms with Crippen molar-refractivity contribution in [2.45, 2.75) is 20.0 Å². The van der Waals surface area contributed by atoms with Crippen molar-refractivity contribution in [2.24, 2.45) is 12.0 Å². The summed E-state index contributed by atoms with van der Waals surface area (Å²) >= 11 is 0. The molecule has 0 fully saturated rings. The number of aliphatic imine (C=N–C) groups is 1. The van der Waals surface area contributed by atoms with Gasteiger partial charge in [-0.25, -0.2) is 4.99 Å². The van der Waals surface area contributed by atoms with Crippen LogP contribution < -0.4 is 16.0 Å². The Labute approximate surface area is 165 Å². The SMILES string of the molecule is CCNC(=NCc1ccc(C(=O)NC)cc1)NCc1ccnn1C.I. The van der Waals surface area contributed by atoms with E-state index < -0.39 is 0 Å². The fourth-order valence-corrected chi connectivity index (χ4v) is 2.17. The second-order valence-corrected chi connectivity index (χ2v) is 5.27. The second kappa shape index (κ2) is 10.7. The van der Waals surface area contributed by atoms with Crippen molar-refractivity contribution in [2.75, 3.05) is 13.6 Å². The summed E-state index contributed by atoms with van der Waals surface area (Å²) in [6.07, 6.45) is 1.77. The van der Waals surface area contributed by atoms with Crippen LogP contribution in [0, 0.1) is 0 Å². The summed E-state index contributed by atoms with van der Waals surface area (Å²) in [4.78, 5) is 16.1. The van der Waals surface area contributed by atoms with E-state index in [-0.39, 0.29) is 29.9 Å². The van der Waals surface area contributed by atoms with Gasteiger partial charge in [-0.1, -0.05) is 12.1 Å². The summed E-state index contributed by atoms with van der Waals surface area (Å²) in [5.74, 6) is 0.658. The van der Waals surface area contributed by atoms with E-state index in [1.807, 2.05) is 36.9 Å². The Morgan fingerprint density at radius 2 is 1.92 bits per heavy atom. The number of aryl methyl sites for hydroxylation is 1. The number of amides is 1. The predicted octanol–water partition coefficient (Wildman–Crippen LogP) is 1.65. The van der Waals surface area contributed by atoms with Crippen molar-refractivity contribution >= 4 is 35.8 Å². The molecule has 0 spiro atoms. The van der Waals surface area contributed by atoms with Crippen molar-refractivity contribution in [3.63, 3.8) is 0 Å². The highest BCUT2D eigenvalue weighted by atomic mass is 127. The molecule has 1 aromatic carbocycles. The molecule has 0 aliphatic heterocycles. The summed E-state index contributed by atoms with van der Waals surface area (Å²) in [6, 6.07) is 9.41.